The lowest BCUT2D eigenvalue weighted by Crippen LogP contribution is -2.36. The molecular weight excluding hydrogens is 352 g/mol. The van der Waals surface area contributed by atoms with E-state index in [2.05, 4.69) is 16.8 Å². The molecule has 1 fully saturated rings. The van der Waals surface area contributed by atoms with Crippen molar-refractivity contribution in [1.29, 1.82) is 0 Å². The van der Waals surface area contributed by atoms with E-state index in [-0.39, 0.29) is 5.91 Å². The van der Waals surface area contributed by atoms with Crippen molar-refractivity contribution in [2.75, 3.05) is 13.1 Å². The van der Waals surface area contributed by atoms with E-state index in [9.17, 15) is 4.79 Å². The zero-order chi connectivity index (χ0) is 17.8. The number of halogens is 1. The van der Waals surface area contributed by atoms with Gasteiger partial charge in [0.2, 0.25) is 0 Å². The van der Waals surface area contributed by atoms with Crippen LogP contribution in [0.2, 0.25) is 5.02 Å². The van der Waals surface area contributed by atoms with Gasteiger partial charge in [0.25, 0.3) is 5.91 Å². The smallest absolute Gasteiger partial charge is 0.265 e. The molecule has 0 radical (unpaired) electrons. The number of carbonyl (C=O) groups excluding carboxylic acids is 1. The second-order valence-electron chi connectivity index (χ2n) is 6.09. The number of amides is 1. The van der Waals surface area contributed by atoms with Gasteiger partial charge in [-0.2, -0.15) is 0 Å². The van der Waals surface area contributed by atoms with Gasteiger partial charge in [-0.1, -0.05) is 29.2 Å². The van der Waals surface area contributed by atoms with Crippen LogP contribution in [0.25, 0.3) is 0 Å². The van der Waals surface area contributed by atoms with Crippen molar-refractivity contribution < 1.29 is 4.79 Å². The van der Waals surface area contributed by atoms with Gasteiger partial charge in [0.15, 0.2) is 0 Å². The van der Waals surface area contributed by atoms with E-state index in [4.69, 9.17) is 11.6 Å². The minimum atomic E-state index is 0.0391. The van der Waals surface area contributed by atoms with Crippen molar-refractivity contribution in [1.82, 2.24) is 9.88 Å². The van der Waals surface area contributed by atoms with Crippen molar-refractivity contribution >= 4 is 28.8 Å². The van der Waals surface area contributed by atoms with Crippen LogP contribution in [0.5, 0.6) is 0 Å². The third-order valence-electron chi connectivity index (χ3n) is 4.15. The molecule has 5 heteroatoms. The highest BCUT2D eigenvalue weighted by atomic mass is 35.5. The summed E-state index contributed by atoms with van der Waals surface area (Å²) >= 11 is 7.64. The minimum absolute atomic E-state index is 0.0391. The van der Waals surface area contributed by atoms with Crippen molar-refractivity contribution in [2.24, 2.45) is 0 Å². The lowest BCUT2D eigenvalue weighted by Gasteiger charge is -2.28. The van der Waals surface area contributed by atoms with Gasteiger partial charge >= 0.3 is 0 Å². The number of carbonyl (C=O) groups is 1. The number of aromatic nitrogens is 1. The fourth-order valence-corrected chi connectivity index (χ4v) is 3.92. The summed E-state index contributed by atoms with van der Waals surface area (Å²) in [5.74, 6) is 6.20. The number of hydrogen-bond acceptors (Lipinski definition) is 3. The average molecular weight is 371 g/mol. The first kappa shape index (κ1) is 17.7. The van der Waals surface area contributed by atoms with E-state index in [1.807, 2.05) is 48.4 Å². The summed E-state index contributed by atoms with van der Waals surface area (Å²) in [6.45, 7) is 5.30. The van der Waals surface area contributed by atoms with E-state index < -0.39 is 0 Å². The number of pyridine rings is 1. The number of likely N-dealkylation sites (tertiary alicyclic amines) is 1. The number of thiophene rings is 1. The Morgan fingerprint density at radius 3 is 2.72 bits per heavy atom. The van der Waals surface area contributed by atoms with Gasteiger partial charge in [-0.3, -0.25) is 4.79 Å². The van der Waals surface area contributed by atoms with Crippen molar-refractivity contribution in [3.8, 4) is 11.8 Å². The molecule has 3 nitrogen and oxygen atoms in total. The monoisotopic (exact) mass is 370 g/mol. The highest BCUT2D eigenvalue weighted by molar-refractivity contribution is 7.13. The third-order valence-corrected chi connectivity index (χ3v) is 5.84. The summed E-state index contributed by atoms with van der Waals surface area (Å²) < 4.78 is 0. The molecule has 1 aliphatic heterocycles. The molecule has 1 amide bonds. The van der Waals surface area contributed by atoms with Gasteiger partial charge in [-0.05, 0) is 61.8 Å². The number of aryl methyl sites for hydroxylation is 2. The minimum Gasteiger partial charge on any atom is -0.337 e. The Morgan fingerprint density at radius 1 is 1.32 bits per heavy atom. The molecule has 0 N–H and O–H groups in total. The Kier molecular flexibility index (Phi) is 5.57. The van der Waals surface area contributed by atoms with Crippen LogP contribution in [0.15, 0.2) is 35.2 Å². The van der Waals surface area contributed by atoms with Crippen molar-refractivity contribution in [3.05, 3.63) is 62.1 Å². The topological polar surface area (TPSA) is 33.2 Å². The largest absolute Gasteiger partial charge is 0.337 e. The SMILES string of the molecule is Cc1cccc(C#CC=C2CCN(C(=O)c3scc(C)c3Cl)CC2)n1. The molecule has 3 rings (SSSR count). The first-order chi connectivity index (χ1) is 12.0. The molecule has 0 spiro atoms. The first-order valence-corrected chi connectivity index (χ1v) is 9.46. The summed E-state index contributed by atoms with van der Waals surface area (Å²) in [5, 5.41) is 2.52. The van der Waals surface area contributed by atoms with Crippen molar-refractivity contribution in [2.45, 2.75) is 26.7 Å². The normalized spacial score (nSPS) is 14.0. The van der Waals surface area contributed by atoms with Crippen LogP contribution in [0.1, 0.15) is 39.5 Å². The van der Waals surface area contributed by atoms with Gasteiger partial charge in [-0.25, -0.2) is 4.98 Å². The number of hydrogen-bond donors (Lipinski definition) is 0. The highest BCUT2D eigenvalue weighted by Crippen LogP contribution is 2.29. The van der Waals surface area contributed by atoms with Gasteiger partial charge in [0.05, 0.1) is 5.02 Å². The van der Waals surface area contributed by atoms with Crippen molar-refractivity contribution in [3.63, 3.8) is 0 Å². The van der Waals surface area contributed by atoms with Crippen LogP contribution in [0.3, 0.4) is 0 Å². The number of nitrogens with zero attached hydrogens (tertiary/aromatic N) is 2. The molecule has 2 aromatic rings. The second kappa shape index (κ2) is 7.86. The van der Waals surface area contributed by atoms with Gasteiger partial charge < -0.3 is 4.90 Å². The second-order valence-corrected chi connectivity index (χ2v) is 7.35. The average Bonchev–Trinajstić information content (AvgIpc) is 2.94. The fourth-order valence-electron chi connectivity index (χ4n) is 2.68. The molecule has 2 aromatic heterocycles. The van der Waals surface area contributed by atoms with Crippen LogP contribution in [-0.4, -0.2) is 28.9 Å². The Balaban J connectivity index is 1.60. The first-order valence-electron chi connectivity index (χ1n) is 8.20. The Labute approximate surface area is 157 Å². The molecule has 0 unspecified atom stereocenters. The molecule has 1 saturated heterocycles. The Bertz CT molecular complexity index is 879. The fraction of sp³-hybridized carbons (Fsp3) is 0.300. The summed E-state index contributed by atoms with van der Waals surface area (Å²) in [6.07, 6.45) is 3.67. The molecule has 0 bridgehead atoms. The predicted octanol–water partition coefficient (Wildman–Crippen LogP) is 4.63. The van der Waals surface area contributed by atoms with E-state index in [0.29, 0.717) is 23.0 Å². The Hall–Kier alpha value is -2.09. The highest BCUT2D eigenvalue weighted by Gasteiger charge is 2.23. The van der Waals surface area contributed by atoms with E-state index in [1.54, 1.807) is 0 Å². The lowest BCUT2D eigenvalue weighted by atomic mass is 10.0. The van der Waals surface area contributed by atoms with Crippen LogP contribution >= 0.6 is 22.9 Å². The zero-order valence-corrected chi connectivity index (χ0v) is 15.9. The predicted molar refractivity (Wildman–Crippen MR) is 103 cm³/mol. The maximum Gasteiger partial charge on any atom is 0.265 e. The van der Waals surface area contributed by atoms with E-state index in [1.165, 1.54) is 16.9 Å². The number of piperidine rings is 1. The molecule has 3 heterocycles. The van der Waals surface area contributed by atoms with Gasteiger partial charge in [-0.15, -0.1) is 11.3 Å². The lowest BCUT2D eigenvalue weighted by molar-refractivity contribution is 0.0748. The van der Waals surface area contributed by atoms with Crippen LogP contribution in [-0.2, 0) is 0 Å². The molecule has 0 atom stereocenters. The summed E-state index contributed by atoms with van der Waals surface area (Å²) in [6, 6.07) is 5.82. The maximum absolute atomic E-state index is 12.6. The Morgan fingerprint density at radius 2 is 2.08 bits per heavy atom. The van der Waals surface area contributed by atoms with Crippen LogP contribution in [0, 0.1) is 25.7 Å². The molecule has 0 aromatic carbocycles. The maximum atomic E-state index is 12.6. The van der Waals surface area contributed by atoms with Gasteiger partial charge in [0.1, 0.15) is 10.6 Å². The molecule has 0 aliphatic carbocycles. The summed E-state index contributed by atoms with van der Waals surface area (Å²) in [4.78, 5) is 19.5. The quantitative estimate of drug-likeness (QED) is 0.686. The molecule has 1 aliphatic rings. The molecule has 25 heavy (non-hydrogen) atoms. The standard InChI is InChI=1S/C20H19ClN2OS/c1-14-13-25-19(18(14)21)20(24)23-11-9-16(10-12-23)6-4-8-17-7-3-5-15(2)22-17/h3,5-7,13H,9-12H2,1-2H3. The molecule has 128 valence electrons. The van der Waals surface area contributed by atoms with E-state index in [0.717, 1.165) is 29.8 Å². The van der Waals surface area contributed by atoms with Crippen LogP contribution in [0.4, 0.5) is 0 Å². The summed E-state index contributed by atoms with van der Waals surface area (Å²) in [5.41, 5.74) is 3.99. The van der Waals surface area contributed by atoms with E-state index >= 15 is 0 Å². The van der Waals surface area contributed by atoms with Crippen LogP contribution < -0.4 is 0 Å². The third kappa shape index (κ3) is 4.31. The zero-order valence-electron chi connectivity index (χ0n) is 14.3. The molecular formula is C20H19ClN2OS. The van der Waals surface area contributed by atoms with Gasteiger partial charge in [0, 0.05) is 18.8 Å². The molecule has 0 saturated carbocycles. The summed E-state index contributed by atoms with van der Waals surface area (Å²) in [7, 11) is 0. The number of allylic oxidation sites excluding steroid dienone is 1. The number of rotatable bonds is 1.